The van der Waals surface area contributed by atoms with Gasteiger partial charge in [-0.2, -0.15) is 13.2 Å². The molecule has 5 rings (SSSR count). The maximum absolute atomic E-state index is 13.2. The van der Waals surface area contributed by atoms with Gasteiger partial charge in [-0.1, -0.05) is 46.6 Å². The number of aliphatic hydroxyl groups excluding tert-OH is 1. The van der Waals surface area contributed by atoms with E-state index >= 15 is 0 Å². The normalized spacial score (nSPS) is 25.8. The monoisotopic (exact) mass is 518 g/mol. The fraction of sp³-hybridized carbons (Fsp3) is 0.607. The van der Waals surface area contributed by atoms with Crippen LogP contribution >= 0.6 is 0 Å². The third-order valence-electron chi connectivity index (χ3n) is 8.02. The summed E-state index contributed by atoms with van der Waals surface area (Å²) in [5.74, 6) is -0.474. The standard InChI is InChI=1S/C28H33F3N2O4/c1-14(2)22-20-21(19-17(35)12-26(4,5)25(23(19)33-22)36-15(3)34)27(10-6-7-11-27)37-24(20)16-8-9-18(32-13-16)28(29,30)31/h8-9,13-14,17,24-25,35H,6-7,10-12H2,1-5H3. The number of halogens is 3. The van der Waals surface area contributed by atoms with E-state index in [0.717, 1.165) is 48.6 Å². The number of rotatable bonds is 3. The first-order chi connectivity index (χ1) is 17.2. The SMILES string of the molecule is CC(=O)OC1c2nc(C(C)C)c3c(c2C(O)CC1(C)C)C1(CCCC1)OC3c1ccc(C(F)(F)F)nc1. The molecule has 0 saturated heterocycles. The lowest BCUT2D eigenvalue weighted by Crippen LogP contribution is -2.37. The van der Waals surface area contributed by atoms with Gasteiger partial charge >= 0.3 is 12.1 Å². The largest absolute Gasteiger partial charge is 0.455 e. The summed E-state index contributed by atoms with van der Waals surface area (Å²) >= 11 is 0. The van der Waals surface area contributed by atoms with Gasteiger partial charge in [-0.05, 0) is 36.8 Å². The lowest BCUT2D eigenvalue weighted by Gasteiger charge is -2.42. The highest BCUT2D eigenvalue weighted by Gasteiger charge is 2.55. The summed E-state index contributed by atoms with van der Waals surface area (Å²) in [6.07, 6.45) is -1.76. The van der Waals surface area contributed by atoms with E-state index < -0.39 is 47.2 Å². The summed E-state index contributed by atoms with van der Waals surface area (Å²) in [6.45, 7) is 9.28. The molecule has 37 heavy (non-hydrogen) atoms. The Morgan fingerprint density at radius 1 is 1.19 bits per heavy atom. The summed E-state index contributed by atoms with van der Waals surface area (Å²) < 4.78 is 52.2. The molecule has 3 aliphatic rings. The predicted molar refractivity (Wildman–Crippen MR) is 129 cm³/mol. The van der Waals surface area contributed by atoms with Crippen LogP contribution in [0.25, 0.3) is 0 Å². The van der Waals surface area contributed by atoms with Gasteiger partial charge in [-0.3, -0.25) is 14.8 Å². The molecule has 2 aliphatic carbocycles. The van der Waals surface area contributed by atoms with E-state index in [1.807, 2.05) is 27.7 Å². The molecule has 1 spiro atoms. The van der Waals surface area contributed by atoms with Crippen molar-refractivity contribution >= 4 is 5.97 Å². The number of hydrogen-bond donors (Lipinski definition) is 1. The minimum absolute atomic E-state index is 0.0516. The fourth-order valence-electron chi connectivity index (χ4n) is 6.46. The Balaban J connectivity index is 1.77. The van der Waals surface area contributed by atoms with Crippen LogP contribution in [0.4, 0.5) is 13.2 Å². The van der Waals surface area contributed by atoms with Gasteiger partial charge < -0.3 is 14.6 Å². The molecule has 0 radical (unpaired) electrons. The number of ether oxygens (including phenoxy) is 2. The number of alkyl halides is 3. The van der Waals surface area contributed by atoms with Crippen LogP contribution in [-0.2, 0) is 26.0 Å². The number of carbonyl (C=O) groups is 1. The van der Waals surface area contributed by atoms with Crippen LogP contribution in [0.2, 0.25) is 0 Å². The molecule has 0 amide bonds. The number of aliphatic hydroxyl groups is 1. The van der Waals surface area contributed by atoms with Crippen LogP contribution in [-0.4, -0.2) is 21.0 Å². The van der Waals surface area contributed by atoms with Crippen LogP contribution in [0.15, 0.2) is 18.3 Å². The minimum atomic E-state index is -4.54. The summed E-state index contributed by atoms with van der Waals surface area (Å²) in [7, 11) is 0. The van der Waals surface area contributed by atoms with E-state index in [0.29, 0.717) is 23.2 Å². The Morgan fingerprint density at radius 2 is 1.86 bits per heavy atom. The van der Waals surface area contributed by atoms with Crippen molar-refractivity contribution in [3.8, 4) is 0 Å². The Morgan fingerprint density at radius 3 is 2.41 bits per heavy atom. The molecule has 200 valence electrons. The third-order valence-corrected chi connectivity index (χ3v) is 8.02. The number of hydrogen-bond acceptors (Lipinski definition) is 6. The Hall–Kier alpha value is -2.52. The first kappa shape index (κ1) is 26.1. The van der Waals surface area contributed by atoms with Gasteiger partial charge in [-0.15, -0.1) is 0 Å². The van der Waals surface area contributed by atoms with E-state index in [1.165, 1.54) is 19.2 Å². The van der Waals surface area contributed by atoms with Crippen molar-refractivity contribution in [2.24, 2.45) is 5.41 Å². The predicted octanol–water partition coefficient (Wildman–Crippen LogP) is 6.58. The second kappa shape index (κ2) is 8.76. The zero-order valence-electron chi connectivity index (χ0n) is 21.8. The average molecular weight is 519 g/mol. The van der Waals surface area contributed by atoms with Gasteiger partial charge in [0.15, 0.2) is 0 Å². The van der Waals surface area contributed by atoms with Crippen molar-refractivity contribution < 1.29 is 32.5 Å². The average Bonchev–Trinajstić information content (AvgIpc) is 3.40. The molecule has 2 aromatic rings. The number of aromatic nitrogens is 2. The summed E-state index contributed by atoms with van der Waals surface area (Å²) in [4.78, 5) is 20.8. The van der Waals surface area contributed by atoms with Crippen LogP contribution in [0.5, 0.6) is 0 Å². The van der Waals surface area contributed by atoms with Crippen molar-refractivity contribution in [2.45, 2.75) is 103 Å². The molecule has 3 unspecified atom stereocenters. The molecule has 1 saturated carbocycles. The number of esters is 1. The molecule has 0 aromatic carbocycles. The topological polar surface area (TPSA) is 81.5 Å². The van der Waals surface area contributed by atoms with Crippen molar-refractivity contribution in [1.29, 1.82) is 0 Å². The third kappa shape index (κ3) is 4.24. The van der Waals surface area contributed by atoms with Gasteiger partial charge in [0.1, 0.15) is 17.9 Å². The van der Waals surface area contributed by atoms with E-state index in [-0.39, 0.29) is 5.92 Å². The number of carbonyl (C=O) groups excluding carboxylic acids is 1. The van der Waals surface area contributed by atoms with E-state index in [4.69, 9.17) is 14.5 Å². The molecule has 3 heterocycles. The molecule has 9 heteroatoms. The number of nitrogens with zero attached hydrogens (tertiary/aromatic N) is 2. The molecule has 3 atom stereocenters. The van der Waals surface area contributed by atoms with Gasteiger partial charge in [0.05, 0.1) is 17.4 Å². The Labute approximate surface area is 214 Å². The molecular formula is C28H33F3N2O4. The highest BCUT2D eigenvalue weighted by atomic mass is 19.4. The minimum Gasteiger partial charge on any atom is -0.455 e. The van der Waals surface area contributed by atoms with Gasteiger partial charge in [0.25, 0.3) is 0 Å². The maximum atomic E-state index is 13.2. The molecular weight excluding hydrogens is 485 g/mol. The van der Waals surface area contributed by atoms with Crippen molar-refractivity contribution in [3.05, 3.63) is 57.7 Å². The molecule has 1 N–H and O–H groups in total. The quantitative estimate of drug-likeness (QED) is 0.463. The van der Waals surface area contributed by atoms with Crippen LogP contribution in [0.1, 0.15) is 130 Å². The van der Waals surface area contributed by atoms with E-state index in [2.05, 4.69) is 4.98 Å². The smallest absolute Gasteiger partial charge is 0.433 e. The maximum Gasteiger partial charge on any atom is 0.433 e. The lowest BCUT2D eigenvalue weighted by atomic mass is 9.68. The van der Waals surface area contributed by atoms with Crippen LogP contribution < -0.4 is 0 Å². The molecule has 0 bridgehead atoms. The molecule has 1 fully saturated rings. The zero-order chi connectivity index (χ0) is 26.9. The van der Waals surface area contributed by atoms with Crippen molar-refractivity contribution in [3.63, 3.8) is 0 Å². The second-order valence-electron chi connectivity index (χ2n) is 11.6. The Bertz CT molecular complexity index is 1220. The molecule has 1 aliphatic heterocycles. The second-order valence-corrected chi connectivity index (χ2v) is 11.6. The fourth-order valence-corrected chi connectivity index (χ4v) is 6.46. The van der Waals surface area contributed by atoms with Crippen molar-refractivity contribution in [2.75, 3.05) is 0 Å². The highest BCUT2D eigenvalue weighted by molar-refractivity contribution is 5.67. The summed E-state index contributed by atoms with van der Waals surface area (Å²) in [6, 6.07) is 2.40. The Kier molecular flexibility index (Phi) is 6.18. The van der Waals surface area contributed by atoms with Gasteiger partial charge in [-0.25, -0.2) is 0 Å². The first-order valence-electron chi connectivity index (χ1n) is 12.9. The number of fused-ring (bicyclic) bond motifs is 4. The lowest BCUT2D eigenvalue weighted by molar-refractivity contribution is -0.156. The van der Waals surface area contributed by atoms with Gasteiger partial charge in [0, 0.05) is 40.9 Å². The van der Waals surface area contributed by atoms with Crippen LogP contribution in [0, 0.1) is 5.41 Å². The summed E-state index contributed by atoms with van der Waals surface area (Å²) in [5, 5.41) is 11.5. The highest BCUT2D eigenvalue weighted by Crippen LogP contribution is 2.61. The summed E-state index contributed by atoms with van der Waals surface area (Å²) in [5.41, 5.74) is 1.95. The first-order valence-corrected chi connectivity index (χ1v) is 12.9. The van der Waals surface area contributed by atoms with Crippen molar-refractivity contribution in [1.82, 2.24) is 9.97 Å². The molecule has 6 nitrogen and oxygen atoms in total. The van der Waals surface area contributed by atoms with E-state index in [9.17, 15) is 23.1 Å². The van der Waals surface area contributed by atoms with Gasteiger partial charge in [0.2, 0.25) is 0 Å². The number of pyridine rings is 2. The van der Waals surface area contributed by atoms with Crippen LogP contribution in [0.3, 0.4) is 0 Å². The van der Waals surface area contributed by atoms with E-state index in [1.54, 1.807) is 0 Å². The zero-order valence-corrected chi connectivity index (χ0v) is 21.8. The molecule has 2 aromatic heterocycles.